The van der Waals surface area contributed by atoms with Gasteiger partial charge in [0, 0.05) is 5.56 Å². The van der Waals surface area contributed by atoms with Crippen molar-refractivity contribution in [3.63, 3.8) is 0 Å². The molecule has 2 aromatic heterocycles. The van der Waals surface area contributed by atoms with E-state index >= 15 is 0 Å². The topological polar surface area (TPSA) is 108 Å². The molecule has 1 aliphatic rings. The van der Waals surface area contributed by atoms with Gasteiger partial charge in [0.25, 0.3) is 5.91 Å². The van der Waals surface area contributed by atoms with Crippen LogP contribution in [-0.2, 0) is 13.1 Å². The van der Waals surface area contributed by atoms with Crippen molar-refractivity contribution >= 4 is 16.9 Å². The molecular weight excluding hydrogens is 418 g/mol. The molecule has 33 heavy (non-hydrogen) atoms. The van der Waals surface area contributed by atoms with Gasteiger partial charge in [-0.3, -0.25) is 4.79 Å². The van der Waals surface area contributed by atoms with Gasteiger partial charge in [0.1, 0.15) is 30.1 Å². The first-order chi connectivity index (χ1) is 15.9. The largest absolute Gasteiger partial charge is 0.491 e. The van der Waals surface area contributed by atoms with Crippen molar-refractivity contribution in [1.82, 2.24) is 19.1 Å². The zero-order chi connectivity index (χ0) is 23.1. The van der Waals surface area contributed by atoms with Crippen molar-refractivity contribution in [2.45, 2.75) is 33.0 Å². The number of aliphatic hydroxyl groups is 1. The molecule has 1 atom stereocenters. The molecule has 1 amide bonds. The summed E-state index contributed by atoms with van der Waals surface area (Å²) >= 11 is 0. The normalized spacial score (nSPS) is 13.3. The number of hydrogen-bond donors (Lipinski definition) is 2. The lowest BCUT2D eigenvalue weighted by molar-refractivity contribution is 0.0994. The maximum Gasteiger partial charge on any atom is 0.269 e. The summed E-state index contributed by atoms with van der Waals surface area (Å²) in [6.45, 7) is 4.88. The Labute approximate surface area is 190 Å². The zero-order valence-electron chi connectivity index (χ0n) is 18.4. The van der Waals surface area contributed by atoms with E-state index in [4.69, 9.17) is 10.5 Å². The van der Waals surface area contributed by atoms with Crippen LogP contribution in [0.25, 0.3) is 22.4 Å². The summed E-state index contributed by atoms with van der Waals surface area (Å²) in [5.74, 6) is 7.23. The van der Waals surface area contributed by atoms with Crippen molar-refractivity contribution in [3.05, 3.63) is 65.2 Å². The number of carbonyl (C=O) groups is 1. The molecule has 0 radical (unpaired) electrons. The Kier molecular flexibility index (Phi) is 5.11. The van der Waals surface area contributed by atoms with Gasteiger partial charge >= 0.3 is 0 Å². The Bertz CT molecular complexity index is 1450. The number of nitrogens with two attached hydrogens (primary N) is 1. The Balaban J connectivity index is 1.67. The number of aryl methyl sites for hydroxylation is 1. The Morgan fingerprint density at radius 1 is 1.27 bits per heavy atom. The fourth-order valence-electron chi connectivity index (χ4n) is 4.18. The van der Waals surface area contributed by atoms with Gasteiger partial charge in [-0.2, -0.15) is 0 Å². The maximum absolute atomic E-state index is 12.4. The first kappa shape index (κ1) is 20.8. The molecule has 8 nitrogen and oxygen atoms in total. The number of imidazole rings is 2. The first-order valence-corrected chi connectivity index (χ1v) is 10.7. The van der Waals surface area contributed by atoms with E-state index in [2.05, 4.69) is 26.4 Å². The second-order valence-electron chi connectivity index (χ2n) is 7.99. The lowest BCUT2D eigenvalue weighted by Gasteiger charge is -2.12. The number of carbonyl (C=O) groups excluding carboxylic acids is 1. The van der Waals surface area contributed by atoms with Crippen molar-refractivity contribution in [2.24, 2.45) is 5.73 Å². The SMILES string of the molecule is Cc1nc2ccccc2n1Cc1c(C(N)=O)nc2n1CCOc1ccc(C#CC(C)O)cc1-2. The molecule has 1 unspecified atom stereocenters. The summed E-state index contributed by atoms with van der Waals surface area (Å²) in [5, 5.41) is 9.50. The van der Waals surface area contributed by atoms with Crippen LogP contribution in [0.3, 0.4) is 0 Å². The van der Waals surface area contributed by atoms with Crippen LogP contribution in [0.15, 0.2) is 42.5 Å². The molecule has 5 rings (SSSR count). The van der Waals surface area contributed by atoms with E-state index in [-0.39, 0.29) is 5.69 Å². The average molecular weight is 441 g/mol. The molecule has 3 N–H and O–H groups in total. The summed E-state index contributed by atoms with van der Waals surface area (Å²) in [6.07, 6.45) is -0.733. The number of benzene rings is 2. The number of nitrogens with zero attached hydrogens (tertiary/aromatic N) is 4. The number of aromatic nitrogens is 4. The van der Waals surface area contributed by atoms with Crippen molar-refractivity contribution in [3.8, 4) is 29.0 Å². The minimum absolute atomic E-state index is 0.232. The van der Waals surface area contributed by atoms with Crippen LogP contribution in [-0.4, -0.2) is 42.8 Å². The number of fused-ring (bicyclic) bond motifs is 4. The third-order valence-electron chi connectivity index (χ3n) is 5.68. The minimum Gasteiger partial charge on any atom is -0.491 e. The van der Waals surface area contributed by atoms with Gasteiger partial charge in [0.05, 0.1) is 35.4 Å². The van der Waals surface area contributed by atoms with Gasteiger partial charge < -0.3 is 24.7 Å². The molecule has 0 saturated heterocycles. The average Bonchev–Trinajstić information content (AvgIpc) is 3.24. The van der Waals surface area contributed by atoms with E-state index in [0.717, 1.165) is 22.4 Å². The molecule has 4 aromatic rings. The van der Waals surface area contributed by atoms with Gasteiger partial charge in [-0.25, -0.2) is 9.97 Å². The lowest BCUT2D eigenvalue weighted by Crippen LogP contribution is -2.19. The molecule has 1 aliphatic heterocycles. The fourth-order valence-corrected chi connectivity index (χ4v) is 4.18. The Hall–Kier alpha value is -4.09. The van der Waals surface area contributed by atoms with Crippen LogP contribution in [0, 0.1) is 18.8 Å². The van der Waals surface area contributed by atoms with E-state index in [9.17, 15) is 9.90 Å². The smallest absolute Gasteiger partial charge is 0.269 e. The van der Waals surface area contributed by atoms with Gasteiger partial charge in [0.2, 0.25) is 0 Å². The molecule has 0 aliphatic carbocycles. The summed E-state index contributed by atoms with van der Waals surface area (Å²) in [4.78, 5) is 21.7. The summed E-state index contributed by atoms with van der Waals surface area (Å²) < 4.78 is 10.0. The van der Waals surface area contributed by atoms with Crippen molar-refractivity contribution in [1.29, 1.82) is 0 Å². The Morgan fingerprint density at radius 3 is 2.88 bits per heavy atom. The first-order valence-electron chi connectivity index (χ1n) is 10.7. The highest BCUT2D eigenvalue weighted by Crippen LogP contribution is 2.35. The number of rotatable bonds is 3. The highest BCUT2D eigenvalue weighted by Gasteiger charge is 2.26. The second kappa shape index (κ2) is 8.11. The number of primary amides is 1. The van der Waals surface area contributed by atoms with Crippen LogP contribution in [0.1, 0.15) is 34.5 Å². The molecule has 3 heterocycles. The van der Waals surface area contributed by atoms with E-state index in [1.165, 1.54) is 0 Å². The minimum atomic E-state index is -0.733. The van der Waals surface area contributed by atoms with Crippen LogP contribution in [0.5, 0.6) is 5.75 Å². The van der Waals surface area contributed by atoms with Gasteiger partial charge in [-0.1, -0.05) is 24.0 Å². The lowest BCUT2D eigenvalue weighted by atomic mass is 10.1. The number of amides is 1. The van der Waals surface area contributed by atoms with Crippen LogP contribution >= 0.6 is 0 Å². The quantitative estimate of drug-likeness (QED) is 0.475. The summed E-state index contributed by atoms with van der Waals surface area (Å²) in [5.41, 5.74) is 10.0. The fraction of sp³-hybridized carbons (Fsp3) is 0.240. The number of hydrogen-bond acceptors (Lipinski definition) is 5. The molecule has 166 valence electrons. The van der Waals surface area contributed by atoms with Gasteiger partial charge in [0.15, 0.2) is 5.69 Å². The summed E-state index contributed by atoms with van der Waals surface area (Å²) in [6, 6.07) is 13.4. The molecule has 0 saturated carbocycles. The highest BCUT2D eigenvalue weighted by molar-refractivity contribution is 5.93. The predicted octanol–water partition coefficient (Wildman–Crippen LogP) is 2.48. The molecule has 2 aromatic carbocycles. The molecule has 0 bridgehead atoms. The second-order valence-corrected chi connectivity index (χ2v) is 7.99. The van der Waals surface area contributed by atoms with Gasteiger partial charge in [-0.15, -0.1) is 0 Å². The molecule has 8 heteroatoms. The monoisotopic (exact) mass is 441 g/mol. The van der Waals surface area contributed by atoms with Crippen LogP contribution < -0.4 is 10.5 Å². The molecular formula is C25H23N5O3. The predicted molar refractivity (Wildman–Crippen MR) is 124 cm³/mol. The summed E-state index contributed by atoms with van der Waals surface area (Å²) in [7, 11) is 0. The third kappa shape index (κ3) is 3.73. The van der Waals surface area contributed by atoms with E-state index in [1.807, 2.05) is 54.0 Å². The van der Waals surface area contributed by atoms with Crippen molar-refractivity contribution < 1.29 is 14.6 Å². The number of para-hydroxylation sites is 2. The van der Waals surface area contributed by atoms with Crippen molar-refractivity contribution in [2.75, 3.05) is 6.61 Å². The molecule has 0 spiro atoms. The standard InChI is InChI=1S/C25H23N5O3/c1-15(31)7-8-17-9-10-22-18(13-17)25-28-23(24(26)32)21(29(25)11-12-33-22)14-30-16(2)27-19-5-3-4-6-20(19)30/h3-6,9-10,13,15,31H,11-12,14H2,1-2H3,(H2,26,32). The highest BCUT2D eigenvalue weighted by atomic mass is 16.5. The van der Waals surface area contributed by atoms with Gasteiger partial charge in [-0.05, 0) is 44.2 Å². The maximum atomic E-state index is 12.4. The third-order valence-corrected chi connectivity index (χ3v) is 5.68. The molecule has 0 fully saturated rings. The zero-order valence-corrected chi connectivity index (χ0v) is 18.4. The number of ether oxygens (including phenoxy) is 1. The van der Waals surface area contributed by atoms with E-state index in [1.54, 1.807) is 6.92 Å². The van der Waals surface area contributed by atoms with Crippen LogP contribution in [0.2, 0.25) is 0 Å². The van der Waals surface area contributed by atoms with E-state index in [0.29, 0.717) is 42.5 Å². The Morgan fingerprint density at radius 2 is 2.09 bits per heavy atom. The van der Waals surface area contributed by atoms with E-state index < -0.39 is 12.0 Å². The number of aliphatic hydroxyl groups excluding tert-OH is 1. The van der Waals surface area contributed by atoms with Crippen LogP contribution in [0.4, 0.5) is 0 Å².